The molecule has 0 saturated heterocycles. The molecule has 2 atom stereocenters. The van der Waals surface area contributed by atoms with Crippen LogP contribution in [0.25, 0.3) is 0 Å². The Bertz CT molecular complexity index is 527. The second-order valence-corrected chi connectivity index (χ2v) is 9.46. The van der Waals surface area contributed by atoms with E-state index in [1.807, 2.05) is 13.0 Å². The Hall–Kier alpha value is -1.39. The van der Waals surface area contributed by atoms with Gasteiger partial charge in [-0.3, -0.25) is 4.79 Å². The third-order valence-electron chi connectivity index (χ3n) is 6.20. The minimum atomic E-state index is -0.862. The van der Waals surface area contributed by atoms with Gasteiger partial charge in [-0.2, -0.15) is 0 Å². The van der Waals surface area contributed by atoms with Crippen LogP contribution in [0.5, 0.6) is 0 Å². The molecular formula is C30H55NO3. The summed E-state index contributed by atoms with van der Waals surface area (Å²) in [4.78, 5) is 12.2. The SMILES string of the molecule is C/C=C/CC/C=C/CC/C=C/C(O)C(CO)NC(=O)CCCCCCCCCCCCCCC. The van der Waals surface area contributed by atoms with Gasteiger partial charge in [0.05, 0.1) is 18.8 Å². The van der Waals surface area contributed by atoms with Crippen molar-refractivity contribution in [1.82, 2.24) is 5.32 Å². The molecule has 0 bridgehead atoms. The van der Waals surface area contributed by atoms with Crippen LogP contribution in [0.1, 0.15) is 129 Å². The van der Waals surface area contributed by atoms with Gasteiger partial charge in [0, 0.05) is 6.42 Å². The lowest BCUT2D eigenvalue weighted by atomic mass is 10.0. The molecule has 3 N–H and O–H groups in total. The van der Waals surface area contributed by atoms with Gasteiger partial charge >= 0.3 is 0 Å². The van der Waals surface area contributed by atoms with Crippen LogP contribution < -0.4 is 5.32 Å². The summed E-state index contributed by atoms with van der Waals surface area (Å²) in [6, 6.07) is -0.637. The summed E-state index contributed by atoms with van der Waals surface area (Å²) in [6.07, 6.45) is 32.3. The first kappa shape index (κ1) is 32.6. The van der Waals surface area contributed by atoms with E-state index in [9.17, 15) is 15.0 Å². The lowest BCUT2D eigenvalue weighted by Crippen LogP contribution is -2.45. The first-order valence-corrected chi connectivity index (χ1v) is 14.2. The molecule has 4 nitrogen and oxygen atoms in total. The number of carbonyl (C=O) groups is 1. The molecule has 2 unspecified atom stereocenters. The van der Waals surface area contributed by atoms with Crippen LogP contribution in [0, 0.1) is 0 Å². The maximum absolute atomic E-state index is 12.2. The highest BCUT2D eigenvalue weighted by atomic mass is 16.3. The molecule has 1 amide bonds. The van der Waals surface area contributed by atoms with Gasteiger partial charge in [0.25, 0.3) is 0 Å². The van der Waals surface area contributed by atoms with Gasteiger partial charge in [0.1, 0.15) is 0 Å². The monoisotopic (exact) mass is 477 g/mol. The molecule has 0 aromatic rings. The van der Waals surface area contributed by atoms with Crippen molar-refractivity contribution in [1.29, 1.82) is 0 Å². The van der Waals surface area contributed by atoms with Crippen LogP contribution in [0.3, 0.4) is 0 Å². The molecule has 0 aliphatic heterocycles. The summed E-state index contributed by atoms with van der Waals surface area (Å²) in [7, 11) is 0. The van der Waals surface area contributed by atoms with Crippen molar-refractivity contribution >= 4 is 5.91 Å². The molecule has 0 radical (unpaired) electrons. The fourth-order valence-corrected chi connectivity index (χ4v) is 3.98. The van der Waals surface area contributed by atoms with Crippen molar-refractivity contribution in [2.24, 2.45) is 0 Å². The molecule has 0 heterocycles. The van der Waals surface area contributed by atoms with Gasteiger partial charge < -0.3 is 15.5 Å². The van der Waals surface area contributed by atoms with Crippen molar-refractivity contribution in [2.75, 3.05) is 6.61 Å². The van der Waals surface area contributed by atoms with E-state index in [1.54, 1.807) is 6.08 Å². The second-order valence-electron chi connectivity index (χ2n) is 9.46. The zero-order valence-electron chi connectivity index (χ0n) is 22.4. The highest BCUT2D eigenvalue weighted by Gasteiger charge is 2.17. The number of rotatable bonds is 24. The van der Waals surface area contributed by atoms with Crippen LogP contribution in [0.2, 0.25) is 0 Å². The predicted octanol–water partition coefficient (Wildman–Crippen LogP) is 7.55. The molecule has 4 heteroatoms. The number of aliphatic hydroxyl groups excluding tert-OH is 2. The standard InChI is InChI=1S/C30H55NO3/c1-3-5-7-9-11-13-14-15-16-18-20-22-24-26-30(34)31-28(27-32)29(33)25-23-21-19-17-12-10-8-6-4-2/h4,6,12,17,23,25,28-29,32-33H,3,5,7-11,13-16,18-22,24,26-27H2,1-2H3,(H,31,34)/b6-4+,17-12+,25-23+. The summed E-state index contributed by atoms with van der Waals surface area (Å²) in [5.74, 6) is -0.0846. The number of nitrogens with one attached hydrogen (secondary N) is 1. The van der Waals surface area contributed by atoms with Crippen molar-refractivity contribution in [3.05, 3.63) is 36.5 Å². The molecule has 0 rings (SSSR count). The minimum Gasteiger partial charge on any atom is -0.394 e. The summed E-state index contributed by atoms with van der Waals surface area (Å²) < 4.78 is 0. The van der Waals surface area contributed by atoms with Crippen molar-refractivity contribution < 1.29 is 15.0 Å². The maximum atomic E-state index is 12.2. The summed E-state index contributed by atoms with van der Waals surface area (Å²) in [5, 5.41) is 22.6. The third kappa shape index (κ3) is 22.4. The topological polar surface area (TPSA) is 69.6 Å². The number of allylic oxidation sites excluding steroid dienone is 5. The Labute approximate surface area is 211 Å². The second kappa shape index (κ2) is 26.2. The zero-order valence-corrected chi connectivity index (χ0v) is 22.4. The quantitative estimate of drug-likeness (QED) is 0.0992. The van der Waals surface area contributed by atoms with Crippen LogP contribution in [0.4, 0.5) is 0 Å². The van der Waals surface area contributed by atoms with E-state index in [0.29, 0.717) is 6.42 Å². The third-order valence-corrected chi connectivity index (χ3v) is 6.20. The molecule has 0 fully saturated rings. The summed E-state index contributed by atoms with van der Waals surface area (Å²) >= 11 is 0. The number of unbranched alkanes of at least 4 members (excludes halogenated alkanes) is 14. The highest BCUT2D eigenvalue weighted by molar-refractivity contribution is 5.76. The van der Waals surface area contributed by atoms with Crippen LogP contribution in [0.15, 0.2) is 36.5 Å². The number of hydrogen-bond donors (Lipinski definition) is 3. The van der Waals surface area contributed by atoms with E-state index >= 15 is 0 Å². The first-order chi connectivity index (χ1) is 16.7. The Kier molecular flexibility index (Phi) is 25.1. The van der Waals surface area contributed by atoms with E-state index in [4.69, 9.17) is 0 Å². The van der Waals surface area contributed by atoms with Crippen LogP contribution >= 0.6 is 0 Å². The highest BCUT2D eigenvalue weighted by Crippen LogP contribution is 2.13. The zero-order chi connectivity index (χ0) is 25.1. The van der Waals surface area contributed by atoms with Crippen molar-refractivity contribution in [3.8, 4) is 0 Å². The largest absolute Gasteiger partial charge is 0.394 e. The van der Waals surface area contributed by atoms with Crippen LogP contribution in [-0.2, 0) is 4.79 Å². The van der Waals surface area contributed by atoms with E-state index in [1.165, 1.54) is 70.6 Å². The Morgan fingerprint density at radius 3 is 1.71 bits per heavy atom. The Balaban J connectivity index is 3.72. The van der Waals surface area contributed by atoms with E-state index in [2.05, 4.69) is 36.5 Å². The number of carbonyl (C=O) groups excluding carboxylic acids is 1. The van der Waals surface area contributed by atoms with Gasteiger partial charge in [-0.1, -0.05) is 120 Å². The number of hydrogen-bond acceptors (Lipinski definition) is 3. The lowest BCUT2D eigenvalue weighted by molar-refractivity contribution is -0.123. The number of aliphatic hydroxyl groups is 2. The van der Waals surface area contributed by atoms with Gasteiger partial charge in [0.15, 0.2) is 0 Å². The molecule has 0 aliphatic carbocycles. The van der Waals surface area contributed by atoms with E-state index in [0.717, 1.165) is 38.5 Å². The fourth-order valence-electron chi connectivity index (χ4n) is 3.98. The van der Waals surface area contributed by atoms with Crippen molar-refractivity contribution in [2.45, 2.75) is 142 Å². The average Bonchev–Trinajstić information content (AvgIpc) is 2.84. The van der Waals surface area contributed by atoms with Gasteiger partial charge in [-0.25, -0.2) is 0 Å². The van der Waals surface area contributed by atoms with Gasteiger partial charge in [0.2, 0.25) is 5.91 Å². The Morgan fingerprint density at radius 1 is 0.735 bits per heavy atom. The normalized spacial score (nSPS) is 13.9. The summed E-state index contributed by atoms with van der Waals surface area (Å²) in [5.41, 5.74) is 0. The maximum Gasteiger partial charge on any atom is 0.220 e. The predicted molar refractivity (Wildman–Crippen MR) is 147 cm³/mol. The number of amides is 1. The van der Waals surface area contributed by atoms with Crippen LogP contribution in [-0.4, -0.2) is 34.9 Å². The van der Waals surface area contributed by atoms with E-state index < -0.39 is 12.1 Å². The fraction of sp³-hybridized carbons (Fsp3) is 0.767. The average molecular weight is 478 g/mol. The molecule has 0 aromatic heterocycles. The van der Waals surface area contributed by atoms with Gasteiger partial charge in [-0.05, 0) is 39.0 Å². The molecular weight excluding hydrogens is 422 g/mol. The van der Waals surface area contributed by atoms with E-state index in [-0.39, 0.29) is 12.5 Å². The summed E-state index contributed by atoms with van der Waals surface area (Å²) in [6.45, 7) is 4.03. The van der Waals surface area contributed by atoms with Gasteiger partial charge in [-0.15, -0.1) is 0 Å². The first-order valence-electron chi connectivity index (χ1n) is 14.2. The smallest absolute Gasteiger partial charge is 0.220 e. The minimum absolute atomic E-state index is 0.0846. The molecule has 198 valence electrons. The lowest BCUT2D eigenvalue weighted by Gasteiger charge is -2.19. The molecule has 0 saturated carbocycles. The Morgan fingerprint density at radius 2 is 1.21 bits per heavy atom. The van der Waals surface area contributed by atoms with Crippen molar-refractivity contribution in [3.63, 3.8) is 0 Å². The molecule has 0 aromatic carbocycles. The molecule has 34 heavy (non-hydrogen) atoms. The molecule has 0 aliphatic rings. The molecule has 0 spiro atoms.